The summed E-state index contributed by atoms with van der Waals surface area (Å²) in [4.78, 5) is 25.2. The van der Waals surface area contributed by atoms with Gasteiger partial charge in [0, 0.05) is 22.9 Å². The van der Waals surface area contributed by atoms with E-state index in [1.54, 1.807) is 36.7 Å². The van der Waals surface area contributed by atoms with Crippen LogP contribution in [0.3, 0.4) is 0 Å². The molecule has 0 bridgehead atoms. The molecule has 0 aliphatic heterocycles. The summed E-state index contributed by atoms with van der Waals surface area (Å²) in [6.07, 6.45) is 1.74. The number of nitrogens with one attached hydrogen (secondary N) is 1. The highest BCUT2D eigenvalue weighted by Crippen LogP contribution is 2.25. The Morgan fingerprint density at radius 3 is 2.32 bits per heavy atom. The van der Waals surface area contributed by atoms with Crippen molar-refractivity contribution >= 4 is 11.6 Å². The van der Waals surface area contributed by atoms with Crippen LogP contribution in [0.25, 0.3) is 5.82 Å². The maximum Gasteiger partial charge on any atom is 0.229 e. The molecule has 0 saturated heterocycles. The number of hydrogen-bond donors (Lipinski definition) is 1. The van der Waals surface area contributed by atoms with Gasteiger partial charge in [-0.3, -0.25) is 9.36 Å². The van der Waals surface area contributed by atoms with Crippen LogP contribution in [0.1, 0.15) is 38.0 Å². The lowest BCUT2D eigenvalue weighted by Gasteiger charge is -2.17. The van der Waals surface area contributed by atoms with E-state index in [4.69, 9.17) is 4.74 Å². The molecule has 7 nitrogen and oxygen atoms in total. The van der Waals surface area contributed by atoms with E-state index in [1.165, 1.54) is 0 Å². The van der Waals surface area contributed by atoms with Gasteiger partial charge < -0.3 is 10.1 Å². The van der Waals surface area contributed by atoms with Crippen LogP contribution in [0, 0.1) is 26.2 Å². The first kappa shape index (κ1) is 19.5. The molecule has 0 aliphatic rings. The minimum atomic E-state index is -0.451. The molecule has 0 spiro atoms. The molecule has 1 N–H and O–H groups in total. The topological polar surface area (TPSA) is 81.9 Å². The van der Waals surface area contributed by atoms with Crippen molar-refractivity contribution in [3.8, 4) is 17.4 Å². The Bertz CT molecular complexity index is 1000. The minimum absolute atomic E-state index is 0.0387. The zero-order valence-electron chi connectivity index (χ0n) is 17.1. The van der Waals surface area contributed by atoms with Gasteiger partial charge in [0.05, 0.1) is 5.69 Å². The summed E-state index contributed by atoms with van der Waals surface area (Å²) < 4.78 is 7.80. The van der Waals surface area contributed by atoms with Gasteiger partial charge in [-0.2, -0.15) is 4.98 Å². The molecule has 0 saturated carbocycles. The Morgan fingerprint density at radius 2 is 1.75 bits per heavy atom. The second kappa shape index (κ2) is 7.42. The minimum Gasteiger partial charge on any atom is -0.439 e. The van der Waals surface area contributed by atoms with Crippen LogP contribution >= 0.6 is 0 Å². The molecule has 0 fully saturated rings. The highest BCUT2D eigenvalue weighted by Gasteiger charge is 2.21. The molecular formula is C21H25N5O2. The van der Waals surface area contributed by atoms with Crippen molar-refractivity contribution in [2.24, 2.45) is 5.41 Å². The fourth-order valence-corrected chi connectivity index (χ4v) is 2.48. The van der Waals surface area contributed by atoms with Crippen molar-refractivity contribution in [2.75, 3.05) is 5.32 Å². The van der Waals surface area contributed by atoms with E-state index in [0.717, 1.165) is 17.1 Å². The van der Waals surface area contributed by atoms with Crippen molar-refractivity contribution in [2.45, 2.75) is 41.5 Å². The summed E-state index contributed by atoms with van der Waals surface area (Å²) in [5.74, 6) is 2.33. The van der Waals surface area contributed by atoms with Gasteiger partial charge in [0.15, 0.2) is 0 Å². The molecule has 28 heavy (non-hydrogen) atoms. The number of ether oxygens (including phenoxy) is 1. The van der Waals surface area contributed by atoms with E-state index in [-0.39, 0.29) is 5.91 Å². The van der Waals surface area contributed by atoms with Crippen LogP contribution in [0.5, 0.6) is 11.6 Å². The first-order valence-corrected chi connectivity index (χ1v) is 9.09. The number of aryl methyl sites for hydroxylation is 2. The summed E-state index contributed by atoms with van der Waals surface area (Å²) in [5.41, 5.74) is 2.24. The molecule has 146 valence electrons. The Morgan fingerprint density at radius 1 is 1.07 bits per heavy atom. The Hall–Kier alpha value is -3.22. The van der Waals surface area contributed by atoms with Crippen molar-refractivity contribution in [1.29, 1.82) is 0 Å². The number of benzene rings is 1. The van der Waals surface area contributed by atoms with Crippen molar-refractivity contribution < 1.29 is 9.53 Å². The average molecular weight is 379 g/mol. The van der Waals surface area contributed by atoms with E-state index >= 15 is 0 Å². The molecule has 0 unspecified atom stereocenters. The normalized spacial score (nSPS) is 11.4. The smallest absolute Gasteiger partial charge is 0.229 e. The standard InChI is InChI=1S/C21H25N5O2/c1-13-14(2)26(12-22-13)18-11-19(24-15(3)23-18)28-17-9-7-16(8-10-17)25-20(27)21(4,5)6/h7-12H,1-6H3,(H,25,27). The van der Waals surface area contributed by atoms with Crippen LogP contribution in [0.4, 0.5) is 5.69 Å². The van der Waals surface area contributed by atoms with Crippen molar-refractivity contribution in [3.05, 3.63) is 53.9 Å². The van der Waals surface area contributed by atoms with Gasteiger partial charge in [0.25, 0.3) is 0 Å². The van der Waals surface area contributed by atoms with E-state index in [1.807, 2.05) is 46.1 Å². The zero-order valence-corrected chi connectivity index (χ0v) is 17.1. The third-order valence-corrected chi connectivity index (χ3v) is 4.32. The van der Waals surface area contributed by atoms with Crippen LogP contribution < -0.4 is 10.1 Å². The average Bonchev–Trinajstić information content (AvgIpc) is 2.94. The maximum absolute atomic E-state index is 12.1. The summed E-state index contributed by atoms with van der Waals surface area (Å²) in [5, 5.41) is 2.89. The van der Waals surface area contributed by atoms with Gasteiger partial charge in [-0.1, -0.05) is 20.8 Å². The van der Waals surface area contributed by atoms with E-state index in [2.05, 4.69) is 20.3 Å². The largest absolute Gasteiger partial charge is 0.439 e. The zero-order chi connectivity index (χ0) is 20.5. The van der Waals surface area contributed by atoms with Crippen LogP contribution in [-0.4, -0.2) is 25.4 Å². The molecule has 1 aromatic carbocycles. The third kappa shape index (κ3) is 4.36. The van der Waals surface area contributed by atoms with E-state index < -0.39 is 5.41 Å². The Balaban J connectivity index is 1.79. The SMILES string of the molecule is Cc1nc(Oc2ccc(NC(=O)C(C)(C)C)cc2)cc(-n2cnc(C)c2C)n1. The Kier molecular flexibility index (Phi) is 5.18. The number of imidazole rings is 1. The first-order valence-electron chi connectivity index (χ1n) is 9.09. The second-order valence-corrected chi connectivity index (χ2v) is 7.73. The van der Waals surface area contributed by atoms with Gasteiger partial charge in [0.1, 0.15) is 23.7 Å². The number of hydrogen-bond acceptors (Lipinski definition) is 5. The van der Waals surface area contributed by atoms with Crippen molar-refractivity contribution in [1.82, 2.24) is 19.5 Å². The molecule has 3 rings (SSSR count). The maximum atomic E-state index is 12.1. The number of carbonyl (C=O) groups excluding carboxylic acids is 1. The summed E-state index contributed by atoms with van der Waals surface area (Å²) in [6.45, 7) is 11.4. The summed E-state index contributed by atoms with van der Waals surface area (Å²) in [6, 6.07) is 8.97. The molecule has 0 aliphatic carbocycles. The summed E-state index contributed by atoms with van der Waals surface area (Å²) in [7, 11) is 0. The molecule has 0 radical (unpaired) electrons. The van der Waals surface area contributed by atoms with Gasteiger partial charge in [0.2, 0.25) is 11.8 Å². The molecule has 2 aromatic heterocycles. The van der Waals surface area contributed by atoms with E-state index in [0.29, 0.717) is 23.3 Å². The van der Waals surface area contributed by atoms with Gasteiger partial charge in [-0.05, 0) is 45.0 Å². The number of nitrogens with zero attached hydrogens (tertiary/aromatic N) is 4. The first-order chi connectivity index (χ1) is 13.1. The number of anilines is 1. The van der Waals surface area contributed by atoms with Crippen LogP contribution in [0.2, 0.25) is 0 Å². The van der Waals surface area contributed by atoms with Crippen LogP contribution in [0.15, 0.2) is 36.7 Å². The van der Waals surface area contributed by atoms with Crippen LogP contribution in [-0.2, 0) is 4.79 Å². The predicted molar refractivity (Wildman–Crippen MR) is 108 cm³/mol. The van der Waals surface area contributed by atoms with Crippen molar-refractivity contribution in [3.63, 3.8) is 0 Å². The quantitative estimate of drug-likeness (QED) is 0.728. The van der Waals surface area contributed by atoms with E-state index in [9.17, 15) is 4.79 Å². The number of aromatic nitrogens is 4. The Labute approximate surface area is 164 Å². The van der Waals surface area contributed by atoms with Gasteiger partial charge in [-0.15, -0.1) is 0 Å². The fraction of sp³-hybridized carbons (Fsp3) is 0.333. The van der Waals surface area contributed by atoms with Gasteiger partial charge in [-0.25, -0.2) is 9.97 Å². The summed E-state index contributed by atoms with van der Waals surface area (Å²) >= 11 is 0. The molecular weight excluding hydrogens is 354 g/mol. The molecule has 0 atom stereocenters. The number of carbonyl (C=O) groups is 1. The second-order valence-electron chi connectivity index (χ2n) is 7.73. The molecule has 7 heteroatoms. The monoisotopic (exact) mass is 379 g/mol. The lowest BCUT2D eigenvalue weighted by atomic mass is 9.95. The predicted octanol–water partition coefficient (Wildman–Crippen LogP) is 4.36. The molecule has 3 aromatic rings. The van der Waals surface area contributed by atoms with Gasteiger partial charge >= 0.3 is 0 Å². The lowest BCUT2D eigenvalue weighted by molar-refractivity contribution is -0.123. The molecule has 1 amide bonds. The fourth-order valence-electron chi connectivity index (χ4n) is 2.48. The third-order valence-electron chi connectivity index (χ3n) is 4.32. The highest BCUT2D eigenvalue weighted by molar-refractivity contribution is 5.94. The lowest BCUT2D eigenvalue weighted by Crippen LogP contribution is -2.27. The number of rotatable bonds is 4. The molecule has 2 heterocycles. The number of amides is 1. The highest BCUT2D eigenvalue weighted by atomic mass is 16.5.